The number of aromatic nitrogens is 2. The van der Waals surface area contributed by atoms with Gasteiger partial charge in [-0.15, -0.1) is 0 Å². The van der Waals surface area contributed by atoms with Crippen LogP contribution in [0.3, 0.4) is 0 Å². The summed E-state index contributed by atoms with van der Waals surface area (Å²) < 4.78 is 5.61. The molecule has 0 spiro atoms. The second kappa shape index (κ2) is 11.5. The summed E-state index contributed by atoms with van der Waals surface area (Å²) in [4.78, 5) is 21.1. The predicted octanol–water partition coefficient (Wildman–Crippen LogP) is 5.47. The van der Waals surface area contributed by atoms with Crippen LogP contribution in [0.25, 0.3) is 11.3 Å². The number of hydrogen-bond acceptors (Lipinski definition) is 5. The minimum atomic E-state index is -0.291. The zero-order chi connectivity index (χ0) is 22.1. The largest absolute Gasteiger partial charge is 0.494 e. The normalized spacial score (nSPS) is 10.5. The number of rotatable bonds is 10. The smallest absolute Gasteiger partial charge is 0.254 e. The lowest BCUT2D eigenvalue weighted by molar-refractivity contribution is 0.0954. The van der Waals surface area contributed by atoms with E-state index < -0.39 is 0 Å². The van der Waals surface area contributed by atoms with Crippen LogP contribution < -0.4 is 15.4 Å². The fraction of sp³-hybridized carbons (Fsp3) is 0.261. The van der Waals surface area contributed by atoms with Crippen LogP contribution >= 0.6 is 23.2 Å². The fourth-order valence-electron chi connectivity index (χ4n) is 2.84. The van der Waals surface area contributed by atoms with Crippen LogP contribution in [-0.4, -0.2) is 35.6 Å². The summed E-state index contributed by atoms with van der Waals surface area (Å²) in [5, 5.41) is 6.67. The Kier molecular flexibility index (Phi) is 8.50. The summed E-state index contributed by atoms with van der Waals surface area (Å²) in [5.74, 6) is 1.09. The molecule has 0 saturated heterocycles. The lowest BCUT2D eigenvalue weighted by Crippen LogP contribution is -2.26. The first kappa shape index (κ1) is 22.8. The highest BCUT2D eigenvalue weighted by Gasteiger charge is 2.13. The van der Waals surface area contributed by atoms with E-state index in [2.05, 4.69) is 27.5 Å². The molecule has 1 aromatic heterocycles. The van der Waals surface area contributed by atoms with Crippen molar-refractivity contribution in [3.8, 4) is 17.0 Å². The van der Waals surface area contributed by atoms with E-state index in [0.717, 1.165) is 23.4 Å². The van der Waals surface area contributed by atoms with E-state index in [9.17, 15) is 4.79 Å². The number of benzene rings is 2. The molecular formula is C23H24Cl2N4O2. The van der Waals surface area contributed by atoms with Crippen LogP contribution in [0.15, 0.2) is 54.7 Å². The monoisotopic (exact) mass is 458 g/mol. The van der Waals surface area contributed by atoms with Crippen LogP contribution in [0.1, 0.15) is 30.1 Å². The molecule has 0 fully saturated rings. The van der Waals surface area contributed by atoms with Crippen molar-refractivity contribution < 1.29 is 9.53 Å². The second-order valence-corrected chi connectivity index (χ2v) is 7.59. The van der Waals surface area contributed by atoms with Gasteiger partial charge in [-0.05, 0) is 55.3 Å². The van der Waals surface area contributed by atoms with Crippen LogP contribution in [0, 0.1) is 0 Å². The van der Waals surface area contributed by atoms with Gasteiger partial charge >= 0.3 is 0 Å². The van der Waals surface area contributed by atoms with E-state index in [0.29, 0.717) is 47.7 Å². The molecule has 3 aromatic rings. The van der Waals surface area contributed by atoms with Crippen molar-refractivity contribution >= 4 is 35.1 Å². The third-order valence-corrected chi connectivity index (χ3v) is 5.02. The van der Waals surface area contributed by atoms with Crippen molar-refractivity contribution in [2.45, 2.75) is 19.8 Å². The van der Waals surface area contributed by atoms with Gasteiger partial charge in [0.2, 0.25) is 5.95 Å². The van der Waals surface area contributed by atoms with Crippen LogP contribution in [-0.2, 0) is 0 Å². The Bertz CT molecular complexity index is 992. The summed E-state index contributed by atoms with van der Waals surface area (Å²) in [5.41, 5.74) is 2.10. The summed E-state index contributed by atoms with van der Waals surface area (Å²) in [6.45, 7) is 3.84. The van der Waals surface area contributed by atoms with Crippen LogP contribution in [0.5, 0.6) is 5.75 Å². The molecule has 0 aliphatic heterocycles. The Morgan fingerprint density at radius 3 is 2.48 bits per heavy atom. The minimum absolute atomic E-state index is 0.291. The topological polar surface area (TPSA) is 76.1 Å². The molecule has 0 aliphatic carbocycles. The van der Waals surface area contributed by atoms with Crippen molar-refractivity contribution in [1.29, 1.82) is 0 Å². The van der Waals surface area contributed by atoms with Gasteiger partial charge in [-0.1, -0.05) is 36.2 Å². The molecule has 0 atom stereocenters. The molecule has 31 heavy (non-hydrogen) atoms. The van der Waals surface area contributed by atoms with E-state index in [1.165, 1.54) is 0 Å². The standard InChI is InChI=1S/C23H24Cl2N4O2/c1-2-15-31-17-9-7-16(8-10-17)20-11-14-28-23(29-20)27-13-4-12-26-22(30)21-18(24)5-3-6-19(21)25/h3,5-11,14H,2,4,12-13,15H2,1H3,(H,26,30)(H,27,28,29). The molecule has 0 unspecified atom stereocenters. The number of anilines is 1. The van der Waals surface area contributed by atoms with E-state index in [4.69, 9.17) is 27.9 Å². The summed E-state index contributed by atoms with van der Waals surface area (Å²) in [6, 6.07) is 14.7. The number of carbonyl (C=O) groups is 1. The highest BCUT2D eigenvalue weighted by atomic mass is 35.5. The highest BCUT2D eigenvalue weighted by Crippen LogP contribution is 2.24. The molecule has 2 N–H and O–H groups in total. The third-order valence-electron chi connectivity index (χ3n) is 4.39. The molecule has 3 rings (SSSR count). The average molecular weight is 459 g/mol. The predicted molar refractivity (Wildman–Crippen MR) is 125 cm³/mol. The van der Waals surface area contributed by atoms with Gasteiger partial charge in [-0.2, -0.15) is 0 Å². The Morgan fingerprint density at radius 2 is 1.77 bits per heavy atom. The summed E-state index contributed by atoms with van der Waals surface area (Å²) in [6.07, 6.45) is 3.37. The lowest BCUT2D eigenvalue weighted by Gasteiger charge is -2.10. The first-order chi connectivity index (χ1) is 15.1. The maximum absolute atomic E-state index is 12.3. The molecule has 1 heterocycles. The molecule has 8 heteroatoms. The van der Waals surface area contributed by atoms with E-state index in [-0.39, 0.29) is 5.91 Å². The van der Waals surface area contributed by atoms with Gasteiger partial charge in [0, 0.05) is 24.8 Å². The molecule has 1 amide bonds. The van der Waals surface area contributed by atoms with Gasteiger partial charge in [0.05, 0.1) is 27.9 Å². The maximum Gasteiger partial charge on any atom is 0.254 e. The Labute approximate surface area is 192 Å². The van der Waals surface area contributed by atoms with Gasteiger partial charge in [-0.25, -0.2) is 9.97 Å². The average Bonchev–Trinajstić information content (AvgIpc) is 2.78. The van der Waals surface area contributed by atoms with E-state index in [1.54, 1.807) is 24.4 Å². The number of carbonyl (C=O) groups excluding carboxylic acids is 1. The van der Waals surface area contributed by atoms with Crippen LogP contribution in [0.2, 0.25) is 10.0 Å². The molecule has 0 bridgehead atoms. The summed E-state index contributed by atoms with van der Waals surface area (Å²) >= 11 is 12.1. The first-order valence-corrected chi connectivity index (χ1v) is 10.9. The first-order valence-electron chi connectivity index (χ1n) is 10.1. The number of nitrogens with zero attached hydrogens (tertiary/aromatic N) is 2. The number of hydrogen-bond donors (Lipinski definition) is 2. The van der Waals surface area contributed by atoms with Gasteiger partial charge in [0.1, 0.15) is 5.75 Å². The van der Waals surface area contributed by atoms with Crippen LogP contribution in [0.4, 0.5) is 5.95 Å². The molecular weight excluding hydrogens is 435 g/mol. The van der Waals surface area contributed by atoms with Crippen molar-refractivity contribution in [2.75, 3.05) is 25.0 Å². The van der Waals surface area contributed by atoms with E-state index in [1.807, 2.05) is 30.3 Å². The van der Waals surface area contributed by atoms with Gasteiger partial charge in [-0.3, -0.25) is 4.79 Å². The van der Waals surface area contributed by atoms with Crippen molar-refractivity contribution in [3.63, 3.8) is 0 Å². The number of halogens is 2. The lowest BCUT2D eigenvalue weighted by atomic mass is 10.1. The van der Waals surface area contributed by atoms with Crippen molar-refractivity contribution in [1.82, 2.24) is 15.3 Å². The number of amides is 1. The van der Waals surface area contributed by atoms with Gasteiger partial charge in [0.25, 0.3) is 5.91 Å². The zero-order valence-corrected chi connectivity index (χ0v) is 18.7. The Hall–Kier alpha value is -2.83. The van der Waals surface area contributed by atoms with Gasteiger partial charge < -0.3 is 15.4 Å². The second-order valence-electron chi connectivity index (χ2n) is 6.77. The molecule has 162 valence electrons. The fourth-order valence-corrected chi connectivity index (χ4v) is 3.41. The number of ether oxygens (including phenoxy) is 1. The highest BCUT2D eigenvalue weighted by molar-refractivity contribution is 6.39. The molecule has 0 radical (unpaired) electrons. The van der Waals surface area contributed by atoms with Crippen molar-refractivity contribution in [2.24, 2.45) is 0 Å². The molecule has 0 saturated carbocycles. The maximum atomic E-state index is 12.3. The SMILES string of the molecule is CCCOc1ccc(-c2ccnc(NCCCNC(=O)c3c(Cl)cccc3Cl)n2)cc1. The molecule has 6 nitrogen and oxygen atoms in total. The molecule has 0 aliphatic rings. The zero-order valence-electron chi connectivity index (χ0n) is 17.2. The molecule has 2 aromatic carbocycles. The Balaban J connectivity index is 1.48. The quantitative estimate of drug-likeness (QED) is 0.393. The summed E-state index contributed by atoms with van der Waals surface area (Å²) in [7, 11) is 0. The van der Waals surface area contributed by atoms with Crippen molar-refractivity contribution in [3.05, 3.63) is 70.3 Å². The number of nitrogens with one attached hydrogen (secondary N) is 2. The van der Waals surface area contributed by atoms with E-state index >= 15 is 0 Å². The third kappa shape index (κ3) is 6.57. The minimum Gasteiger partial charge on any atom is -0.494 e. The van der Waals surface area contributed by atoms with Gasteiger partial charge in [0.15, 0.2) is 0 Å². The Morgan fingerprint density at radius 1 is 1.03 bits per heavy atom.